The second-order valence-corrected chi connectivity index (χ2v) is 6.11. The van der Waals surface area contributed by atoms with Crippen LogP contribution in [0.5, 0.6) is 0 Å². The second kappa shape index (κ2) is 7.17. The van der Waals surface area contributed by atoms with Crippen LogP contribution in [-0.2, 0) is 17.6 Å². The van der Waals surface area contributed by atoms with Gasteiger partial charge in [-0.2, -0.15) is 0 Å². The van der Waals surface area contributed by atoms with Gasteiger partial charge in [-0.15, -0.1) is 11.8 Å². The summed E-state index contributed by atoms with van der Waals surface area (Å²) in [4.78, 5) is 1.41. The molecule has 1 unspecified atom stereocenters. The summed E-state index contributed by atoms with van der Waals surface area (Å²) in [7, 11) is 1.75. The Morgan fingerprint density at radius 1 is 1.33 bits per heavy atom. The van der Waals surface area contributed by atoms with Gasteiger partial charge in [0.25, 0.3) is 0 Å². The summed E-state index contributed by atoms with van der Waals surface area (Å²) in [6.07, 6.45) is 3.88. The van der Waals surface area contributed by atoms with Crippen LogP contribution in [0.4, 0.5) is 0 Å². The van der Waals surface area contributed by atoms with Gasteiger partial charge in [-0.3, -0.25) is 0 Å². The molecule has 0 spiro atoms. The standard InChI is InChI=1S/C15H23NOS/c1-12(11-17-2)16-8-9-18-15-7-6-13-4-3-5-14(13)10-15/h6-7,10,12,16H,3-5,8-9,11H2,1-2H3. The molecule has 0 aromatic heterocycles. The molecular formula is C15H23NOS. The molecule has 100 valence electrons. The Bertz CT molecular complexity index is 381. The van der Waals surface area contributed by atoms with Gasteiger partial charge in [-0.25, -0.2) is 0 Å². The molecule has 1 atom stereocenters. The van der Waals surface area contributed by atoms with Crippen molar-refractivity contribution in [2.75, 3.05) is 26.0 Å². The molecule has 0 heterocycles. The van der Waals surface area contributed by atoms with Crippen LogP contribution in [0.15, 0.2) is 23.1 Å². The molecule has 1 N–H and O–H groups in total. The van der Waals surface area contributed by atoms with E-state index in [-0.39, 0.29) is 0 Å². The number of fused-ring (bicyclic) bond motifs is 1. The number of nitrogens with one attached hydrogen (secondary N) is 1. The molecule has 18 heavy (non-hydrogen) atoms. The number of hydrogen-bond donors (Lipinski definition) is 1. The van der Waals surface area contributed by atoms with E-state index in [4.69, 9.17) is 4.74 Å². The molecule has 0 radical (unpaired) electrons. The van der Waals surface area contributed by atoms with E-state index in [1.165, 1.54) is 24.2 Å². The highest BCUT2D eigenvalue weighted by molar-refractivity contribution is 7.99. The number of benzene rings is 1. The van der Waals surface area contributed by atoms with Crippen LogP contribution in [0, 0.1) is 0 Å². The summed E-state index contributed by atoms with van der Waals surface area (Å²) in [6, 6.07) is 7.40. The zero-order valence-electron chi connectivity index (χ0n) is 11.4. The molecule has 0 amide bonds. The summed E-state index contributed by atoms with van der Waals surface area (Å²) < 4.78 is 5.10. The number of hydrogen-bond acceptors (Lipinski definition) is 3. The quantitative estimate of drug-likeness (QED) is 0.605. The molecule has 0 bridgehead atoms. The first-order valence-electron chi connectivity index (χ1n) is 6.76. The normalized spacial score (nSPS) is 15.7. The van der Waals surface area contributed by atoms with Crippen molar-refractivity contribution < 1.29 is 4.74 Å². The minimum atomic E-state index is 0.440. The van der Waals surface area contributed by atoms with Gasteiger partial charge in [-0.1, -0.05) is 6.07 Å². The van der Waals surface area contributed by atoms with Crippen molar-refractivity contribution >= 4 is 11.8 Å². The molecule has 1 aromatic rings. The van der Waals surface area contributed by atoms with Crippen LogP contribution < -0.4 is 5.32 Å². The maximum absolute atomic E-state index is 5.10. The second-order valence-electron chi connectivity index (χ2n) is 4.94. The predicted molar refractivity (Wildman–Crippen MR) is 78.5 cm³/mol. The first-order valence-corrected chi connectivity index (χ1v) is 7.75. The van der Waals surface area contributed by atoms with Gasteiger partial charge >= 0.3 is 0 Å². The van der Waals surface area contributed by atoms with Crippen molar-refractivity contribution in [2.24, 2.45) is 0 Å². The third-order valence-corrected chi connectivity index (χ3v) is 4.35. The first kappa shape index (κ1) is 13.9. The third kappa shape index (κ3) is 4.01. The Balaban J connectivity index is 1.70. The van der Waals surface area contributed by atoms with E-state index in [0.29, 0.717) is 6.04 Å². The molecule has 1 aromatic carbocycles. The van der Waals surface area contributed by atoms with Gasteiger partial charge in [0.15, 0.2) is 0 Å². The van der Waals surface area contributed by atoms with Crippen LogP contribution in [0.2, 0.25) is 0 Å². The van der Waals surface area contributed by atoms with Gasteiger partial charge in [0, 0.05) is 30.3 Å². The van der Waals surface area contributed by atoms with Gasteiger partial charge in [-0.05, 0) is 49.4 Å². The average molecular weight is 265 g/mol. The summed E-state index contributed by atoms with van der Waals surface area (Å²) in [5.74, 6) is 1.12. The first-order chi connectivity index (χ1) is 8.79. The molecule has 1 aliphatic carbocycles. The summed E-state index contributed by atoms with van der Waals surface area (Å²) in [6.45, 7) is 3.97. The molecule has 3 heteroatoms. The Morgan fingerprint density at radius 2 is 2.17 bits per heavy atom. The van der Waals surface area contributed by atoms with Gasteiger partial charge < -0.3 is 10.1 Å². The van der Waals surface area contributed by atoms with E-state index in [2.05, 4.69) is 30.4 Å². The van der Waals surface area contributed by atoms with Crippen molar-refractivity contribution in [1.82, 2.24) is 5.32 Å². The van der Waals surface area contributed by atoms with Crippen LogP contribution in [0.1, 0.15) is 24.5 Å². The molecule has 2 rings (SSSR count). The number of rotatable bonds is 7. The van der Waals surface area contributed by atoms with Crippen LogP contribution in [0.3, 0.4) is 0 Å². The van der Waals surface area contributed by atoms with E-state index in [1.807, 2.05) is 11.8 Å². The Kier molecular flexibility index (Phi) is 5.54. The topological polar surface area (TPSA) is 21.3 Å². The molecular weight excluding hydrogens is 242 g/mol. The maximum atomic E-state index is 5.10. The van der Waals surface area contributed by atoms with E-state index >= 15 is 0 Å². The lowest BCUT2D eigenvalue weighted by atomic mass is 10.1. The number of ether oxygens (including phenoxy) is 1. The lowest BCUT2D eigenvalue weighted by molar-refractivity contribution is 0.173. The van der Waals surface area contributed by atoms with Crippen molar-refractivity contribution in [3.05, 3.63) is 29.3 Å². The third-order valence-electron chi connectivity index (χ3n) is 3.35. The van der Waals surface area contributed by atoms with Gasteiger partial charge in [0.05, 0.1) is 6.61 Å². The van der Waals surface area contributed by atoms with Crippen molar-refractivity contribution in [1.29, 1.82) is 0 Å². The Hall–Kier alpha value is -0.510. The SMILES string of the molecule is COCC(C)NCCSc1ccc2c(c1)CCC2. The van der Waals surface area contributed by atoms with Gasteiger partial charge in [0.2, 0.25) is 0 Å². The largest absolute Gasteiger partial charge is 0.383 e. The Labute approximate surface area is 114 Å². The van der Waals surface area contributed by atoms with Gasteiger partial charge in [0.1, 0.15) is 0 Å². The van der Waals surface area contributed by atoms with E-state index in [0.717, 1.165) is 18.9 Å². The van der Waals surface area contributed by atoms with E-state index in [1.54, 1.807) is 18.2 Å². The predicted octanol–water partition coefficient (Wildman–Crippen LogP) is 2.89. The monoisotopic (exact) mass is 265 g/mol. The number of aryl methyl sites for hydroxylation is 2. The highest BCUT2D eigenvalue weighted by Gasteiger charge is 2.10. The van der Waals surface area contributed by atoms with Crippen LogP contribution in [-0.4, -0.2) is 32.1 Å². The van der Waals surface area contributed by atoms with Crippen molar-refractivity contribution in [3.63, 3.8) is 0 Å². The molecule has 1 aliphatic rings. The minimum Gasteiger partial charge on any atom is -0.383 e. The lowest BCUT2D eigenvalue weighted by Crippen LogP contribution is -2.31. The molecule has 0 saturated carbocycles. The zero-order valence-corrected chi connectivity index (χ0v) is 12.2. The molecule has 0 aliphatic heterocycles. The maximum Gasteiger partial charge on any atom is 0.0613 e. The fourth-order valence-electron chi connectivity index (χ4n) is 2.42. The summed E-state index contributed by atoms with van der Waals surface area (Å²) in [5.41, 5.74) is 3.13. The van der Waals surface area contributed by atoms with E-state index < -0.39 is 0 Å². The van der Waals surface area contributed by atoms with Crippen molar-refractivity contribution in [2.45, 2.75) is 37.1 Å². The smallest absolute Gasteiger partial charge is 0.0613 e. The number of methoxy groups -OCH3 is 1. The van der Waals surface area contributed by atoms with Crippen LogP contribution in [0.25, 0.3) is 0 Å². The molecule has 2 nitrogen and oxygen atoms in total. The number of thioether (sulfide) groups is 1. The summed E-state index contributed by atoms with van der Waals surface area (Å²) in [5, 5.41) is 3.46. The highest BCUT2D eigenvalue weighted by atomic mass is 32.2. The fourth-order valence-corrected chi connectivity index (χ4v) is 3.27. The summed E-state index contributed by atoms with van der Waals surface area (Å²) >= 11 is 1.94. The fraction of sp³-hybridized carbons (Fsp3) is 0.600. The minimum absolute atomic E-state index is 0.440. The molecule has 0 fully saturated rings. The zero-order chi connectivity index (χ0) is 12.8. The van der Waals surface area contributed by atoms with E-state index in [9.17, 15) is 0 Å². The molecule has 0 saturated heterocycles. The van der Waals surface area contributed by atoms with Crippen LogP contribution >= 0.6 is 11.8 Å². The lowest BCUT2D eigenvalue weighted by Gasteiger charge is -2.12. The highest BCUT2D eigenvalue weighted by Crippen LogP contribution is 2.27. The van der Waals surface area contributed by atoms with Crippen molar-refractivity contribution in [3.8, 4) is 0 Å². The average Bonchev–Trinajstić information content (AvgIpc) is 2.82. The Morgan fingerprint density at radius 3 is 3.00 bits per heavy atom.